The van der Waals surface area contributed by atoms with Crippen LogP contribution in [0.4, 0.5) is 5.69 Å². The molecule has 0 aliphatic rings. The van der Waals surface area contributed by atoms with Crippen LogP contribution < -0.4 is 0 Å². The van der Waals surface area contributed by atoms with Gasteiger partial charge in [-0.15, -0.1) is 0 Å². The third-order valence-electron chi connectivity index (χ3n) is 1.75. The molecule has 1 aromatic carbocycles. The second kappa shape index (κ2) is 4.07. The number of benzene rings is 1. The molecule has 0 heterocycles. The molecule has 0 amide bonds. The topological polar surface area (TPSA) is 84.0 Å². The molecule has 0 atom stereocenters. The molecule has 0 radical (unpaired) electrons. The maximum atomic E-state index is 11.1. The highest BCUT2D eigenvalue weighted by Gasteiger charge is 2.22. The van der Waals surface area contributed by atoms with Crippen LogP contribution in [0, 0.1) is 21.4 Å². The van der Waals surface area contributed by atoms with Gasteiger partial charge in [-0.25, -0.2) is 0 Å². The van der Waals surface area contributed by atoms with Crippen LogP contribution in [0.1, 0.15) is 22.8 Å². The normalized spacial score (nSPS) is 9.40. The Kier molecular flexibility index (Phi) is 3.02. The summed E-state index contributed by atoms with van der Waals surface area (Å²) in [7, 11) is 0. The molecule has 76 valence electrons. The number of rotatable bonds is 2. The number of nitro benzene ring substituents is 1. The van der Waals surface area contributed by atoms with Crippen molar-refractivity contribution in [1.82, 2.24) is 0 Å². The quantitative estimate of drug-likeness (QED) is 0.438. The molecule has 0 N–H and O–H groups in total. The molecule has 0 aromatic heterocycles. The van der Waals surface area contributed by atoms with Gasteiger partial charge in [0.1, 0.15) is 5.56 Å². The monoisotopic (exact) mass is 224 g/mol. The first-order valence-electron chi connectivity index (χ1n) is 3.86. The van der Waals surface area contributed by atoms with E-state index < -0.39 is 16.4 Å². The molecule has 0 aliphatic carbocycles. The van der Waals surface area contributed by atoms with E-state index in [1.807, 2.05) is 0 Å². The summed E-state index contributed by atoms with van der Waals surface area (Å²) in [6.07, 6.45) is 0. The fourth-order valence-corrected chi connectivity index (χ4v) is 1.50. The second-order valence-corrected chi connectivity index (χ2v) is 3.18. The predicted octanol–water partition coefficient (Wildman–Crippen LogP) is 2.32. The SMILES string of the molecule is CC(=O)c1c(Cl)cc(C#N)cc1[N+](=O)[O-]. The Bertz CT molecular complexity index is 491. The van der Waals surface area contributed by atoms with Gasteiger partial charge in [0.25, 0.3) is 5.69 Å². The zero-order valence-corrected chi connectivity index (χ0v) is 8.41. The van der Waals surface area contributed by atoms with Crippen molar-refractivity contribution in [2.24, 2.45) is 0 Å². The first-order chi connectivity index (χ1) is 6.97. The van der Waals surface area contributed by atoms with Crippen molar-refractivity contribution in [2.75, 3.05) is 0 Å². The van der Waals surface area contributed by atoms with Crippen molar-refractivity contribution in [3.8, 4) is 6.07 Å². The van der Waals surface area contributed by atoms with E-state index in [0.29, 0.717) is 0 Å². The van der Waals surface area contributed by atoms with Crippen molar-refractivity contribution >= 4 is 23.1 Å². The van der Waals surface area contributed by atoms with Crippen LogP contribution in [-0.2, 0) is 0 Å². The summed E-state index contributed by atoms with van der Waals surface area (Å²) in [4.78, 5) is 21.0. The molecular formula is C9H5ClN2O3. The fraction of sp³-hybridized carbons (Fsp3) is 0.111. The smallest absolute Gasteiger partial charge is 0.283 e. The maximum absolute atomic E-state index is 11.1. The summed E-state index contributed by atoms with van der Waals surface area (Å²) in [5.74, 6) is -0.504. The molecule has 0 aliphatic heterocycles. The van der Waals surface area contributed by atoms with Gasteiger partial charge in [0, 0.05) is 6.07 Å². The molecule has 1 aromatic rings. The van der Waals surface area contributed by atoms with Crippen LogP contribution in [0.2, 0.25) is 5.02 Å². The molecule has 0 saturated carbocycles. The van der Waals surface area contributed by atoms with Gasteiger partial charge in [0.15, 0.2) is 5.78 Å². The molecular weight excluding hydrogens is 220 g/mol. The van der Waals surface area contributed by atoms with Crippen LogP contribution in [0.3, 0.4) is 0 Å². The van der Waals surface area contributed by atoms with Gasteiger partial charge in [0.05, 0.1) is 21.6 Å². The molecule has 0 saturated heterocycles. The summed E-state index contributed by atoms with van der Waals surface area (Å²) in [6, 6.07) is 3.99. The number of nitro groups is 1. The molecule has 1 rings (SSSR count). The molecule has 0 unspecified atom stereocenters. The van der Waals surface area contributed by atoms with E-state index in [2.05, 4.69) is 0 Å². The predicted molar refractivity (Wildman–Crippen MR) is 52.8 cm³/mol. The average molecular weight is 225 g/mol. The number of halogens is 1. The summed E-state index contributed by atoms with van der Waals surface area (Å²) in [5, 5.41) is 19.1. The minimum absolute atomic E-state index is 0.0525. The molecule has 0 bridgehead atoms. The van der Waals surface area contributed by atoms with E-state index >= 15 is 0 Å². The van der Waals surface area contributed by atoms with Gasteiger partial charge in [-0.3, -0.25) is 14.9 Å². The summed E-state index contributed by atoms with van der Waals surface area (Å²) in [5.41, 5.74) is -0.552. The number of Topliss-reactive ketones (excluding diaryl/α,β-unsaturated/α-hetero) is 1. The Balaban J connectivity index is 3.58. The van der Waals surface area contributed by atoms with E-state index in [4.69, 9.17) is 16.9 Å². The zero-order chi connectivity index (χ0) is 11.6. The highest BCUT2D eigenvalue weighted by Crippen LogP contribution is 2.28. The van der Waals surface area contributed by atoms with Crippen molar-refractivity contribution in [2.45, 2.75) is 6.92 Å². The van der Waals surface area contributed by atoms with Gasteiger partial charge in [-0.05, 0) is 13.0 Å². The Hall–Kier alpha value is -1.93. The van der Waals surface area contributed by atoms with Crippen LogP contribution in [0.15, 0.2) is 12.1 Å². The third-order valence-corrected chi connectivity index (χ3v) is 2.05. The zero-order valence-electron chi connectivity index (χ0n) is 7.65. The van der Waals surface area contributed by atoms with Crippen molar-refractivity contribution in [3.63, 3.8) is 0 Å². The lowest BCUT2D eigenvalue weighted by Crippen LogP contribution is -2.01. The van der Waals surface area contributed by atoms with Crippen LogP contribution in [-0.4, -0.2) is 10.7 Å². The first-order valence-corrected chi connectivity index (χ1v) is 4.24. The second-order valence-electron chi connectivity index (χ2n) is 2.78. The standard InChI is InChI=1S/C9H5ClN2O3/c1-5(13)9-7(10)2-6(4-11)3-8(9)12(14)15/h2-3H,1H3. The van der Waals surface area contributed by atoms with E-state index in [1.54, 1.807) is 6.07 Å². The lowest BCUT2D eigenvalue weighted by atomic mass is 10.1. The lowest BCUT2D eigenvalue weighted by molar-refractivity contribution is -0.385. The number of nitriles is 1. The van der Waals surface area contributed by atoms with Crippen LogP contribution in [0.5, 0.6) is 0 Å². The van der Waals surface area contributed by atoms with Crippen LogP contribution in [0.25, 0.3) is 0 Å². The molecule has 0 fully saturated rings. The first kappa shape index (κ1) is 11.1. The Morgan fingerprint density at radius 1 is 1.60 bits per heavy atom. The highest BCUT2D eigenvalue weighted by molar-refractivity contribution is 6.34. The van der Waals surface area contributed by atoms with E-state index in [9.17, 15) is 14.9 Å². The minimum atomic E-state index is -0.733. The fourth-order valence-electron chi connectivity index (χ4n) is 1.15. The van der Waals surface area contributed by atoms with E-state index in [1.165, 1.54) is 13.0 Å². The number of carbonyl (C=O) groups excluding carboxylic acids is 1. The van der Waals surface area contributed by atoms with Crippen molar-refractivity contribution in [1.29, 1.82) is 5.26 Å². The number of hydrogen-bond donors (Lipinski definition) is 0. The van der Waals surface area contributed by atoms with Crippen molar-refractivity contribution in [3.05, 3.63) is 38.4 Å². The average Bonchev–Trinajstić information content (AvgIpc) is 2.15. The largest absolute Gasteiger partial charge is 0.294 e. The Morgan fingerprint density at radius 3 is 2.60 bits per heavy atom. The number of hydrogen-bond acceptors (Lipinski definition) is 4. The van der Waals surface area contributed by atoms with Crippen molar-refractivity contribution < 1.29 is 9.72 Å². The van der Waals surface area contributed by atoms with E-state index in [-0.39, 0.29) is 16.1 Å². The van der Waals surface area contributed by atoms with E-state index in [0.717, 1.165) is 6.07 Å². The van der Waals surface area contributed by atoms with Gasteiger partial charge < -0.3 is 0 Å². The van der Waals surface area contributed by atoms with Gasteiger partial charge in [0.2, 0.25) is 0 Å². The highest BCUT2D eigenvalue weighted by atomic mass is 35.5. The number of nitrogens with zero attached hydrogens (tertiary/aromatic N) is 2. The molecule has 15 heavy (non-hydrogen) atoms. The minimum Gasteiger partial charge on any atom is -0.294 e. The lowest BCUT2D eigenvalue weighted by Gasteiger charge is -2.01. The van der Waals surface area contributed by atoms with Gasteiger partial charge in [-0.1, -0.05) is 11.6 Å². The Labute approximate surface area is 90.0 Å². The maximum Gasteiger partial charge on any atom is 0.283 e. The molecule has 0 spiro atoms. The van der Waals surface area contributed by atoms with Gasteiger partial charge in [-0.2, -0.15) is 5.26 Å². The molecule has 5 nitrogen and oxygen atoms in total. The van der Waals surface area contributed by atoms with Crippen LogP contribution >= 0.6 is 11.6 Å². The Morgan fingerprint density at radius 2 is 2.20 bits per heavy atom. The number of ketones is 1. The third kappa shape index (κ3) is 2.11. The molecule has 6 heteroatoms. The number of carbonyl (C=O) groups is 1. The summed E-state index contributed by atoms with van der Waals surface area (Å²) in [6.45, 7) is 1.18. The summed E-state index contributed by atoms with van der Waals surface area (Å²) >= 11 is 5.68. The summed E-state index contributed by atoms with van der Waals surface area (Å²) < 4.78 is 0. The van der Waals surface area contributed by atoms with Gasteiger partial charge >= 0.3 is 0 Å².